The Morgan fingerprint density at radius 3 is 3.00 bits per heavy atom. The van der Waals surface area contributed by atoms with Gasteiger partial charge in [0.15, 0.2) is 0 Å². The fourth-order valence-electron chi connectivity index (χ4n) is 1.91. The summed E-state index contributed by atoms with van der Waals surface area (Å²) in [5.74, 6) is 0.661. The third-order valence-corrected chi connectivity index (χ3v) is 2.68. The first-order valence-electron chi connectivity index (χ1n) is 5.50. The van der Waals surface area contributed by atoms with Crippen molar-refractivity contribution < 1.29 is 4.79 Å². The van der Waals surface area contributed by atoms with E-state index in [0.29, 0.717) is 12.3 Å². The van der Waals surface area contributed by atoms with Crippen molar-refractivity contribution in [1.82, 2.24) is 5.32 Å². The Balaban J connectivity index is 2.70. The highest BCUT2D eigenvalue weighted by atomic mass is 16.1. The monoisotopic (exact) mass is 205 g/mol. The standard InChI is InChI=1S/C13H19NO/c1-3-5-11(6-4-2)12-7-8-13(15)14-10-9-12/h3-6,12H,1,7-10H2,2H3,(H,14,15)/b6-4-,11-5+. The fraction of sp³-hybridized carbons (Fsp3) is 0.462. The van der Waals surface area contributed by atoms with E-state index in [0.717, 1.165) is 19.4 Å². The molecule has 1 fully saturated rings. The first-order valence-corrected chi connectivity index (χ1v) is 5.50. The van der Waals surface area contributed by atoms with Crippen LogP contribution in [0.3, 0.4) is 0 Å². The van der Waals surface area contributed by atoms with Crippen LogP contribution in [0.4, 0.5) is 0 Å². The summed E-state index contributed by atoms with van der Waals surface area (Å²) < 4.78 is 0. The molecular weight excluding hydrogens is 186 g/mol. The summed E-state index contributed by atoms with van der Waals surface area (Å²) in [5.41, 5.74) is 1.28. The second kappa shape index (κ2) is 6.23. The van der Waals surface area contributed by atoms with Gasteiger partial charge in [0.1, 0.15) is 0 Å². The molecule has 1 N–H and O–H groups in total. The molecule has 0 aromatic carbocycles. The quantitative estimate of drug-likeness (QED) is 0.705. The summed E-state index contributed by atoms with van der Waals surface area (Å²) in [5, 5.41) is 2.90. The average molecular weight is 205 g/mol. The Bertz CT molecular complexity index is 289. The van der Waals surface area contributed by atoms with E-state index >= 15 is 0 Å². The van der Waals surface area contributed by atoms with E-state index in [9.17, 15) is 4.79 Å². The van der Waals surface area contributed by atoms with Gasteiger partial charge in [-0.15, -0.1) is 0 Å². The zero-order valence-electron chi connectivity index (χ0n) is 9.33. The molecule has 1 heterocycles. The summed E-state index contributed by atoms with van der Waals surface area (Å²) in [7, 11) is 0. The Labute approximate surface area is 91.8 Å². The molecule has 0 aromatic heterocycles. The largest absolute Gasteiger partial charge is 0.356 e. The SMILES string of the molecule is C=C/C=C(\C=C/C)C1CCNC(=O)CC1. The number of hydrogen-bond donors (Lipinski definition) is 1. The number of amides is 1. The van der Waals surface area contributed by atoms with Gasteiger partial charge >= 0.3 is 0 Å². The van der Waals surface area contributed by atoms with E-state index in [1.54, 1.807) is 0 Å². The van der Waals surface area contributed by atoms with Crippen LogP contribution in [0, 0.1) is 5.92 Å². The molecule has 1 saturated heterocycles. The van der Waals surface area contributed by atoms with Gasteiger partial charge in [-0.2, -0.15) is 0 Å². The van der Waals surface area contributed by atoms with Gasteiger partial charge in [0.05, 0.1) is 0 Å². The van der Waals surface area contributed by atoms with Crippen LogP contribution >= 0.6 is 0 Å². The van der Waals surface area contributed by atoms with E-state index in [2.05, 4.69) is 18.0 Å². The lowest BCUT2D eigenvalue weighted by molar-refractivity contribution is -0.120. The van der Waals surface area contributed by atoms with Crippen LogP contribution in [0.5, 0.6) is 0 Å². The van der Waals surface area contributed by atoms with Crippen molar-refractivity contribution >= 4 is 5.91 Å². The molecule has 0 aliphatic carbocycles. The number of carbonyl (C=O) groups excluding carboxylic acids is 1. The van der Waals surface area contributed by atoms with Gasteiger partial charge in [-0.05, 0) is 31.3 Å². The normalized spacial score (nSPS) is 23.7. The minimum Gasteiger partial charge on any atom is -0.356 e. The minimum atomic E-state index is 0.177. The van der Waals surface area contributed by atoms with Crippen LogP contribution in [-0.4, -0.2) is 12.5 Å². The van der Waals surface area contributed by atoms with Crippen molar-refractivity contribution in [3.63, 3.8) is 0 Å². The average Bonchev–Trinajstić information content (AvgIpc) is 2.43. The molecule has 15 heavy (non-hydrogen) atoms. The number of nitrogens with one attached hydrogen (secondary N) is 1. The second-order valence-electron chi connectivity index (χ2n) is 3.78. The number of rotatable bonds is 3. The molecule has 0 bridgehead atoms. The summed E-state index contributed by atoms with van der Waals surface area (Å²) >= 11 is 0. The van der Waals surface area contributed by atoms with Gasteiger partial charge in [-0.3, -0.25) is 4.79 Å². The van der Waals surface area contributed by atoms with E-state index < -0.39 is 0 Å². The molecule has 0 spiro atoms. The molecule has 2 nitrogen and oxygen atoms in total. The Morgan fingerprint density at radius 2 is 2.33 bits per heavy atom. The number of allylic oxidation sites excluding steroid dienone is 5. The third kappa shape index (κ3) is 3.74. The number of carbonyl (C=O) groups is 1. The Hall–Kier alpha value is -1.31. The summed E-state index contributed by atoms with van der Waals surface area (Å²) in [4.78, 5) is 11.2. The van der Waals surface area contributed by atoms with E-state index in [1.165, 1.54) is 5.57 Å². The van der Waals surface area contributed by atoms with E-state index in [4.69, 9.17) is 0 Å². The maximum absolute atomic E-state index is 11.2. The van der Waals surface area contributed by atoms with Gasteiger partial charge < -0.3 is 5.32 Å². The summed E-state index contributed by atoms with van der Waals surface area (Å²) in [6.45, 7) is 6.52. The van der Waals surface area contributed by atoms with Gasteiger partial charge in [-0.25, -0.2) is 0 Å². The van der Waals surface area contributed by atoms with Gasteiger partial charge in [0.2, 0.25) is 5.91 Å². The van der Waals surface area contributed by atoms with Crippen molar-refractivity contribution in [3.05, 3.63) is 36.5 Å². The van der Waals surface area contributed by atoms with Crippen LogP contribution in [0.2, 0.25) is 0 Å². The molecule has 82 valence electrons. The molecule has 0 aromatic rings. The fourth-order valence-corrected chi connectivity index (χ4v) is 1.91. The lowest BCUT2D eigenvalue weighted by Crippen LogP contribution is -2.21. The molecule has 1 aliphatic rings. The molecule has 0 saturated carbocycles. The van der Waals surface area contributed by atoms with Crippen LogP contribution < -0.4 is 5.32 Å². The molecule has 1 atom stereocenters. The third-order valence-electron chi connectivity index (χ3n) is 2.68. The van der Waals surface area contributed by atoms with Gasteiger partial charge in [0, 0.05) is 13.0 Å². The lowest BCUT2D eigenvalue weighted by Gasteiger charge is -2.14. The predicted molar refractivity (Wildman–Crippen MR) is 63.4 cm³/mol. The van der Waals surface area contributed by atoms with E-state index in [1.807, 2.05) is 25.2 Å². The highest BCUT2D eigenvalue weighted by Crippen LogP contribution is 2.23. The van der Waals surface area contributed by atoms with Crippen molar-refractivity contribution in [2.45, 2.75) is 26.2 Å². The van der Waals surface area contributed by atoms with E-state index in [-0.39, 0.29) is 5.91 Å². The highest BCUT2D eigenvalue weighted by molar-refractivity contribution is 5.76. The highest BCUT2D eigenvalue weighted by Gasteiger charge is 2.17. The maximum atomic E-state index is 11.2. The van der Waals surface area contributed by atoms with Crippen molar-refractivity contribution in [2.24, 2.45) is 5.92 Å². The first-order chi connectivity index (χ1) is 7.27. The van der Waals surface area contributed by atoms with Crippen LogP contribution in [0.1, 0.15) is 26.2 Å². The molecule has 1 unspecified atom stereocenters. The minimum absolute atomic E-state index is 0.177. The molecule has 0 radical (unpaired) electrons. The maximum Gasteiger partial charge on any atom is 0.220 e. The van der Waals surface area contributed by atoms with Crippen molar-refractivity contribution in [1.29, 1.82) is 0 Å². The smallest absolute Gasteiger partial charge is 0.220 e. The lowest BCUT2D eigenvalue weighted by atomic mass is 9.91. The molecule has 1 rings (SSSR count). The molecule has 1 amide bonds. The number of hydrogen-bond acceptors (Lipinski definition) is 1. The zero-order valence-corrected chi connectivity index (χ0v) is 9.33. The van der Waals surface area contributed by atoms with Crippen LogP contribution in [0.25, 0.3) is 0 Å². The van der Waals surface area contributed by atoms with Crippen molar-refractivity contribution in [2.75, 3.05) is 6.54 Å². The zero-order chi connectivity index (χ0) is 11.1. The first kappa shape index (κ1) is 11.8. The molecule has 1 aliphatic heterocycles. The summed E-state index contributed by atoms with van der Waals surface area (Å²) in [6.07, 6.45) is 10.6. The van der Waals surface area contributed by atoms with Gasteiger partial charge in [0.25, 0.3) is 0 Å². The van der Waals surface area contributed by atoms with Crippen LogP contribution in [0.15, 0.2) is 36.5 Å². The molecule has 2 heteroatoms. The second-order valence-corrected chi connectivity index (χ2v) is 3.78. The molecular formula is C13H19NO. The summed E-state index contributed by atoms with van der Waals surface area (Å²) in [6, 6.07) is 0. The van der Waals surface area contributed by atoms with Gasteiger partial charge in [-0.1, -0.05) is 30.9 Å². The predicted octanol–water partition coefficient (Wildman–Crippen LogP) is 2.59. The van der Waals surface area contributed by atoms with Crippen LogP contribution in [-0.2, 0) is 4.79 Å². The Kier molecular flexibility index (Phi) is 4.88. The van der Waals surface area contributed by atoms with Crippen molar-refractivity contribution in [3.8, 4) is 0 Å². The Morgan fingerprint density at radius 1 is 1.53 bits per heavy atom. The topological polar surface area (TPSA) is 29.1 Å².